The molecule has 2 atom stereocenters. The van der Waals surface area contributed by atoms with Crippen LogP contribution < -0.4 is 5.73 Å². The van der Waals surface area contributed by atoms with E-state index in [1.54, 1.807) is 13.0 Å². The van der Waals surface area contributed by atoms with E-state index in [-0.39, 0.29) is 30.3 Å². The van der Waals surface area contributed by atoms with Crippen LogP contribution in [-0.4, -0.2) is 12.6 Å². The Morgan fingerprint density at radius 2 is 2.16 bits per heavy atom. The zero-order chi connectivity index (χ0) is 13.3. The first-order valence-electron chi connectivity index (χ1n) is 5.93. The van der Waals surface area contributed by atoms with Crippen molar-refractivity contribution < 1.29 is 9.53 Å². The summed E-state index contributed by atoms with van der Waals surface area (Å²) in [5.74, 6) is -0.446. The lowest BCUT2D eigenvalue weighted by Crippen LogP contribution is -2.30. The minimum absolute atomic E-state index is 0. The summed E-state index contributed by atoms with van der Waals surface area (Å²) in [4.78, 5) is 11.8. The van der Waals surface area contributed by atoms with Crippen molar-refractivity contribution in [2.75, 3.05) is 6.61 Å². The van der Waals surface area contributed by atoms with Gasteiger partial charge in [-0.15, -0.1) is 12.4 Å². The molecule has 0 bridgehead atoms. The number of ether oxygens (including phenoxy) is 1. The van der Waals surface area contributed by atoms with Crippen LogP contribution in [-0.2, 0) is 16.0 Å². The van der Waals surface area contributed by atoms with E-state index in [4.69, 9.17) is 33.7 Å². The van der Waals surface area contributed by atoms with Crippen LogP contribution in [0.5, 0.6) is 0 Å². The second kappa shape index (κ2) is 6.80. The molecule has 2 unspecified atom stereocenters. The molecule has 0 aliphatic heterocycles. The molecule has 19 heavy (non-hydrogen) atoms. The molecule has 2 N–H and O–H groups in total. The van der Waals surface area contributed by atoms with Crippen molar-refractivity contribution in [3.05, 3.63) is 33.3 Å². The maximum Gasteiger partial charge on any atom is 0.309 e. The molecular formula is C13H16Cl3NO2. The van der Waals surface area contributed by atoms with Crippen LogP contribution in [0, 0.1) is 5.92 Å². The van der Waals surface area contributed by atoms with Gasteiger partial charge in [-0.1, -0.05) is 29.3 Å². The fraction of sp³-hybridized carbons (Fsp3) is 0.462. The third-order valence-corrected chi connectivity index (χ3v) is 4.08. The highest BCUT2D eigenvalue weighted by Gasteiger charge is 2.32. The van der Waals surface area contributed by atoms with E-state index < -0.39 is 0 Å². The van der Waals surface area contributed by atoms with Gasteiger partial charge in [0.2, 0.25) is 0 Å². The van der Waals surface area contributed by atoms with Gasteiger partial charge in [0.25, 0.3) is 0 Å². The van der Waals surface area contributed by atoms with Gasteiger partial charge in [0.05, 0.1) is 22.6 Å². The molecule has 6 heteroatoms. The molecule has 106 valence electrons. The van der Waals surface area contributed by atoms with Gasteiger partial charge in [0.1, 0.15) is 0 Å². The number of benzene rings is 1. The Hall–Kier alpha value is -0.480. The van der Waals surface area contributed by atoms with Crippen molar-refractivity contribution in [2.24, 2.45) is 11.7 Å². The van der Waals surface area contributed by atoms with Gasteiger partial charge in [0.15, 0.2) is 0 Å². The Bertz CT molecular complexity index is 479. The Kier molecular flexibility index (Phi) is 5.93. The SMILES string of the molecule is CCOC(=O)C1Cc2c(ccc(Cl)c2Cl)C(N)C1.Cl. The van der Waals surface area contributed by atoms with Gasteiger partial charge in [-0.2, -0.15) is 0 Å². The first-order valence-corrected chi connectivity index (χ1v) is 6.69. The standard InChI is InChI=1S/C13H15Cl2NO2.ClH/c1-2-18-13(17)7-5-9-8(11(16)6-7)3-4-10(14)12(9)15;/h3-4,7,11H,2,5-6,16H2,1H3;1H. The third kappa shape index (κ3) is 3.34. The molecule has 0 aromatic heterocycles. The fourth-order valence-electron chi connectivity index (χ4n) is 2.37. The normalized spacial score (nSPS) is 21.3. The summed E-state index contributed by atoms with van der Waals surface area (Å²) in [6.07, 6.45) is 1.13. The molecule has 0 fully saturated rings. The van der Waals surface area contributed by atoms with Crippen molar-refractivity contribution >= 4 is 41.6 Å². The van der Waals surface area contributed by atoms with Crippen LogP contribution in [0.25, 0.3) is 0 Å². The fourth-order valence-corrected chi connectivity index (χ4v) is 2.79. The molecule has 1 aromatic rings. The van der Waals surface area contributed by atoms with Gasteiger partial charge in [0, 0.05) is 6.04 Å². The number of esters is 1. The summed E-state index contributed by atoms with van der Waals surface area (Å²) in [6.45, 7) is 2.17. The maximum absolute atomic E-state index is 11.8. The molecule has 0 radical (unpaired) electrons. The number of halogens is 3. The number of hydrogen-bond donors (Lipinski definition) is 1. The summed E-state index contributed by atoms with van der Waals surface area (Å²) < 4.78 is 5.04. The molecule has 3 nitrogen and oxygen atoms in total. The number of carbonyl (C=O) groups is 1. The van der Waals surface area contributed by atoms with E-state index >= 15 is 0 Å². The van der Waals surface area contributed by atoms with Crippen molar-refractivity contribution in [3.63, 3.8) is 0 Å². The molecule has 1 aromatic carbocycles. The summed E-state index contributed by atoms with van der Waals surface area (Å²) in [5, 5.41) is 0.991. The summed E-state index contributed by atoms with van der Waals surface area (Å²) >= 11 is 12.2. The predicted octanol–water partition coefficient (Wildman–Crippen LogP) is 3.54. The number of hydrogen-bond acceptors (Lipinski definition) is 3. The second-order valence-electron chi connectivity index (χ2n) is 4.42. The largest absolute Gasteiger partial charge is 0.466 e. The Labute approximate surface area is 128 Å². The monoisotopic (exact) mass is 323 g/mol. The maximum atomic E-state index is 11.8. The van der Waals surface area contributed by atoms with E-state index in [1.807, 2.05) is 6.07 Å². The molecule has 0 amide bonds. The lowest BCUT2D eigenvalue weighted by Gasteiger charge is -2.29. The summed E-state index contributed by atoms with van der Waals surface area (Å²) in [5.41, 5.74) is 7.93. The number of rotatable bonds is 2. The predicted molar refractivity (Wildman–Crippen MR) is 79.1 cm³/mol. The van der Waals surface area contributed by atoms with Crippen molar-refractivity contribution in [1.82, 2.24) is 0 Å². The Morgan fingerprint density at radius 1 is 1.47 bits per heavy atom. The molecule has 0 saturated heterocycles. The zero-order valence-corrected chi connectivity index (χ0v) is 12.8. The average Bonchev–Trinajstić information content (AvgIpc) is 2.34. The molecule has 0 saturated carbocycles. The van der Waals surface area contributed by atoms with Crippen LogP contribution in [0.3, 0.4) is 0 Å². The third-order valence-electron chi connectivity index (χ3n) is 3.24. The van der Waals surface area contributed by atoms with Gasteiger partial charge < -0.3 is 10.5 Å². The summed E-state index contributed by atoms with van der Waals surface area (Å²) in [6, 6.07) is 3.43. The minimum atomic E-state index is -0.233. The van der Waals surface area contributed by atoms with Crippen LogP contribution >= 0.6 is 35.6 Å². The topological polar surface area (TPSA) is 52.3 Å². The van der Waals surface area contributed by atoms with Crippen LogP contribution in [0.1, 0.15) is 30.5 Å². The average molecular weight is 325 g/mol. The number of nitrogens with two attached hydrogens (primary N) is 1. The van der Waals surface area contributed by atoms with Gasteiger partial charge in [-0.05, 0) is 37.0 Å². The highest BCUT2D eigenvalue weighted by molar-refractivity contribution is 6.42. The molecule has 0 heterocycles. The van der Waals surface area contributed by atoms with Crippen molar-refractivity contribution in [1.29, 1.82) is 0 Å². The second-order valence-corrected chi connectivity index (χ2v) is 5.21. The van der Waals surface area contributed by atoms with Gasteiger partial charge in [-0.25, -0.2) is 0 Å². The smallest absolute Gasteiger partial charge is 0.309 e. The number of carbonyl (C=O) groups excluding carboxylic acids is 1. The lowest BCUT2D eigenvalue weighted by molar-refractivity contribution is -0.148. The lowest BCUT2D eigenvalue weighted by atomic mass is 9.81. The minimum Gasteiger partial charge on any atom is -0.466 e. The highest BCUT2D eigenvalue weighted by Crippen LogP contribution is 2.39. The summed E-state index contributed by atoms with van der Waals surface area (Å²) in [7, 11) is 0. The Balaban J connectivity index is 0.00000180. The van der Waals surface area contributed by atoms with Crippen LogP contribution in [0.2, 0.25) is 10.0 Å². The van der Waals surface area contributed by atoms with Gasteiger partial charge in [-0.3, -0.25) is 4.79 Å². The molecule has 2 rings (SSSR count). The first-order chi connectivity index (χ1) is 8.54. The van der Waals surface area contributed by atoms with E-state index in [0.29, 0.717) is 29.5 Å². The number of fused-ring (bicyclic) bond motifs is 1. The van der Waals surface area contributed by atoms with Gasteiger partial charge >= 0.3 is 5.97 Å². The van der Waals surface area contributed by atoms with E-state index in [0.717, 1.165) is 11.1 Å². The molecule has 0 spiro atoms. The quantitative estimate of drug-likeness (QED) is 0.847. The molecule has 1 aliphatic carbocycles. The molecule has 1 aliphatic rings. The first kappa shape index (κ1) is 16.6. The van der Waals surface area contributed by atoms with E-state index in [2.05, 4.69) is 0 Å². The zero-order valence-electron chi connectivity index (χ0n) is 10.5. The van der Waals surface area contributed by atoms with Crippen molar-refractivity contribution in [3.8, 4) is 0 Å². The highest BCUT2D eigenvalue weighted by atomic mass is 35.5. The van der Waals surface area contributed by atoms with E-state index in [9.17, 15) is 4.79 Å². The van der Waals surface area contributed by atoms with Crippen LogP contribution in [0.4, 0.5) is 0 Å². The Morgan fingerprint density at radius 3 is 2.79 bits per heavy atom. The van der Waals surface area contributed by atoms with E-state index in [1.165, 1.54) is 0 Å². The van der Waals surface area contributed by atoms with Crippen molar-refractivity contribution in [2.45, 2.75) is 25.8 Å². The molecular weight excluding hydrogens is 309 g/mol. The van der Waals surface area contributed by atoms with Crippen LogP contribution in [0.15, 0.2) is 12.1 Å².